The van der Waals surface area contributed by atoms with Crippen LogP contribution in [0.5, 0.6) is 0 Å². The lowest BCUT2D eigenvalue weighted by Gasteiger charge is -2.12. The van der Waals surface area contributed by atoms with Crippen LogP contribution in [0.2, 0.25) is 0 Å². The Morgan fingerprint density at radius 1 is 1.24 bits per heavy atom. The third-order valence-corrected chi connectivity index (χ3v) is 4.54. The van der Waals surface area contributed by atoms with Crippen molar-refractivity contribution in [2.75, 3.05) is 5.73 Å². The monoisotopic (exact) mass is 337 g/mol. The number of aromatic nitrogens is 4. The molecular weight excluding hydrogens is 318 g/mol. The van der Waals surface area contributed by atoms with Gasteiger partial charge in [-0.2, -0.15) is 0 Å². The van der Waals surface area contributed by atoms with E-state index in [-0.39, 0.29) is 11.6 Å². The molecule has 0 radical (unpaired) electrons. The Bertz CT molecular complexity index is 1020. The molecule has 1 aliphatic rings. The number of rotatable bonds is 1. The Kier molecular flexibility index (Phi) is 3.51. The highest BCUT2D eigenvalue weighted by atomic mass is 16.3. The molecule has 1 saturated carbocycles. The molecule has 0 unspecified atom stereocenters. The van der Waals surface area contributed by atoms with Crippen molar-refractivity contribution in [3.63, 3.8) is 0 Å². The fourth-order valence-electron chi connectivity index (χ4n) is 3.17. The van der Waals surface area contributed by atoms with Gasteiger partial charge in [-0.25, -0.2) is 15.0 Å². The lowest BCUT2D eigenvalue weighted by Crippen LogP contribution is -2.20. The van der Waals surface area contributed by atoms with Crippen molar-refractivity contribution in [3.8, 4) is 23.4 Å². The van der Waals surface area contributed by atoms with Gasteiger partial charge in [0.1, 0.15) is 11.4 Å². The van der Waals surface area contributed by atoms with E-state index in [4.69, 9.17) is 10.2 Å². The molecule has 0 amide bonds. The second kappa shape index (κ2) is 5.60. The van der Waals surface area contributed by atoms with Gasteiger partial charge in [0.25, 0.3) is 0 Å². The first-order chi connectivity index (χ1) is 12.0. The van der Waals surface area contributed by atoms with Crippen LogP contribution in [0, 0.1) is 18.8 Å². The van der Waals surface area contributed by atoms with Crippen LogP contribution >= 0.6 is 0 Å². The van der Waals surface area contributed by atoms with Crippen LogP contribution in [0.25, 0.3) is 22.7 Å². The van der Waals surface area contributed by atoms with Gasteiger partial charge >= 0.3 is 0 Å². The summed E-state index contributed by atoms with van der Waals surface area (Å²) in [5.41, 5.74) is 6.21. The van der Waals surface area contributed by atoms with Gasteiger partial charge in [0.2, 0.25) is 5.82 Å². The number of hydrogen-bond acceptors (Lipinski definition) is 6. The molecule has 1 aliphatic carbocycles. The van der Waals surface area contributed by atoms with Gasteiger partial charge < -0.3 is 19.8 Å². The minimum atomic E-state index is -0.934. The number of furan rings is 1. The summed E-state index contributed by atoms with van der Waals surface area (Å²) in [5.74, 6) is 8.40. The minimum Gasteiger partial charge on any atom is -0.458 e. The molecule has 7 heteroatoms. The standard InChI is InChI=1S/C18H19N5O2/c1-11-5-6-12(25-11)16-22-14-15(19)20-13(21-17(14)23(16)2)7-10-18(24)8-3-4-9-18/h5-6,24H,3-4,8-9H2,1-2H3,(H2,19,20,21). The lowest BCUT2D eigenvalue weighted by molar-refractivity contribution is 0.110. The number of aliphatic hydroxyl groups is 1. The Balaban J connectivity index is 1.79. The summed E-state index contributed by atoms with van der Waals surface area (Å²) in [6.07, 6.45) is 3.35. The molecule has 3 heterocycles. The van der Waals surface area contributed by atoms with Gasteiger partial charge in [-0.1, -0.05) is 5.92 Å². The summed E-state index contributed by atoms with van der Waals surface area (Å²) in [5, 5.41) is 10.4. The normalized spacial score (nSPS) is 16.1. The molecule has 3 aromatic rings. The molecule has 0 atom stereocenters. The van der Waals surface area contributed by atoms with Crippen molar-refractivity contribution in [1.82, 2.24) is 19.5 Å². The van der Waals surface area contributed by atoms with Gasteiger partial charge in [-0.3, -0.25) is 0 Å². The zero-order valence-corrected chi connectivity index (χ0v) is 14.2. The summed E-state index contributed by atoms with van der Waals surface area (Å²) in [6, 6.07) is 3.74. The SMILES string of the molecule is Cc1ccc(-c2nc3c(N)nc(C#CC4(O)CCCC4)nc3n2C)o1. The Morgan fingerprint density at radius 3 is 2.68 bits per heavy atom. The molecule has 0 aliphatic heterocycles. The molecule has 7 nitrogen and oxygen atoms in total. The number of fused-ring (bicyclic) bond motifs is 1. The summed E-state index contributed by atoms with van der Waals surface area (Å²) in [4.78, 5) is 13.2. The fourth-order valence-corrected chi connectivity index (χ4v) is 3.17. The van der Waals surface area contributed by atoms with Crippen LogP contribution in [0.4, 0.5) is 5.82 Å². The summed E-state index contributed by atoms with van der Waals surface area (Å²) in [7, 11) is 1.84. The van der Waals surface area contributed by atoms with Gasteiger partial charge in [-0.15, -0.1) is 0 Å². The van der Waals surface area contributed by atoms with Crippen molar-refractivity contribution in [2.45, 2.75) is 38.2 Å². The summed E-state index contributed by atoms with van der Waals surface area (Å²) < 4.78 is 7.45. The van der Waals surface area contributed by atoms with E-state index in [1.807, 2.05) is 26.1 Å². The van der Waals surface area contributed by atoms with Crippen LogP contribution in [0.1, 0.15) is 37.3 Å². The molecule has 0 spiro atoms. The Hall–Kier alpha value is -2.85. The quantitative estimate of drug-likeness (QED) is 0.660. The van der Waals surface area contributed by atoms with E-state index in [9.17, 15) is 5.11 Å². The number of hydrogen-bond donors (Lipinski definition) is 2. The second-order valence-corrected chi connectivity index (χ2v) is 6.50. The maximum Gasteiger partial charge on any atom is 0.209 e. The molecule has 3 N–H and O–H groups in total. The van der Waals surface area contributed by atoms with E-state index >= 15 is 0 Å². The molecule has 0 bridgehead atoms. The first kappa shape index (κ1) is 15.7. The molecule has 0 aromatic carbocycles. The maximum atomic E-state index is 10.4. The van der Waals surface area contributed by atoms with E-state index in [2.05, 4.69) is 26.8 Å². The number of nitrogens with zero attached hydrogens (tertiary/aromatic N) is 4. The van der Waals surface area contributed by atoms with Crippen molar-refractivity contribution in [1.29, 1.82) is 0 Å². The Morgan fingerprint density at radius 2 is 2.00 bits per heavy atom. The number of imidazole rings is 1. The van der Waals surface area contributed by atoms with Crippen LogP contribution in [0.3, 0.4) is 0 Å². The predicted octanol–water partition coefficient (Wildman–Crippen LogP) is 2.17. The number of anilines is 1. The first-order valence-electron chi connectivity index (χ1n) is 8.27. The zero-order chi connectivity index (χ0) is 17.6. The number of nitrogen functional groups attached to an aromatic ring is 1. The number of aryl methyl sites for hydroxylation is 2. The average Bonchev–Trinajstić information content (AvgIpc) is 3.27. The largest absolute Gasteiger partial charge is 0.458 e. The first-order valence-corrected chi connectivity index (χ1v) is 8.27. The van der Waals surface area contributed by atoms with Crippen molar-refractivity contribution in [3.05, 3.63) is 23.7 Å². The zero-order valence-electron chi connectivity index (χ0n) is 14.2. The summed E-state index contributed by atoms with van der Waals surface area (Å²) in [6.45, 7) is 1.88. The van der Waals surface area contributed by atoms with Crippen LogP contribution in [0.15, 0.2) is 16.5 Å². The van der Waals surface area contributed by atoms with Crippen LogP contribution in [-0.2, 0) is 7.05 Å². The van der Waals surface area contributed by atoms with Crippen LogP contribution in [-0.4, -0.2) is 30.2 Å². The second-order valence-electron chi connectivity index (χ2n) is 6.50. The highest BCUT2D eigenvalue weighted by Gasteiger charge is 2.28. The molecule has 0 saturated heterocycles. The third-order valence-electron chi connectivity index (χ3n) is 4.54. The highest BCUT2D eigenvalue weighted by Crippen LogP contribution is 2.29. The summed E-state index contributed by atoms with van der Waals surface area (Å²) >= 11 is 0. The van der Waals surface area contributed by atoms with Crippen molar-refractivity contribution in [2.24, 2.45) is 7.05 Å². The van der Waals surface area contributed by atoms with E-state index in [1.165, 1.54) is 0 Å². The van der Waals surface area contributed by atoms with Gasteiger partial charge in [-0.05, 0) is 50.7 Å². The molecule has 25 heavy (non-hydrogen) atoms. The smallest absolute Gasteiger partial charge is 0.209 e. The van der Waals surface area contributed by atoms with Gasteiger partial charge in [0.15, 0.2) is 28.6 Å². The van der Waals surface area contributed by atoms with Crippen LogP contribution < -0.4 is 5.73 Å². The van der Waals surface area contributed by atoms with E-state index in [0.29, 0.717) is 35.6 Å². The molecular formula is C18H19N5O2. The molecule has 128 valence electrons. The van der Waals surface area contributed by atoms with E-state index < -0.39 is 5.60 Å². The van der Waals surface area contributed by atoms with E-state index in [1.54, 1.807) is 4.57 Å². The minimum absolute atomic E-state index is 0.262. The van der Waals surface area contributed by atoms with Gasteiger partial charge in [0.05, 0.1) is 0 Å². The lowest BCUT2D eigenvalue weighted by atomic mass is 10.0. The topological polar surface area (TPSA) is 103 Å². The highest BCUT2D eigenvalue weighted by molar-refractivity contribution is 5.85. The molecule has 3 aromatic heterocycles. The van der Waals surface area contributed by atoms with Crippen molar-refractivity contribution < 1.29 is 9.52 Å². The molecule has 4 rings (SSSR count). The van der Waals surface area contributed by atoms with Gasteiger partial charge in [0, 0.05) is 7.05 Å². The Labute approximate surface area is 144 Å². The fraction of sp³-hybridized carbons (Fsp3) is 0.389. The average molecular weight is 337 g/mol. The predicted molar refractivity (Wildman–Crippen MR) is 93.5 cm³/mol. The number of nitrogens with two attached hydrogens (primary N) is 1. The third kappa shape index (κ3) is 2.75. The molecule has 1 fully saturated rings. The maximum absolute atomic E-state index is 10.4. The van der Waals surface area contributed by atoms with E-state index in [0.717, 1.165) is 18.6 Å². The van der Waals surface area contributed by atoms with Crippen molar-refractivity contribution >= 4 is 17.0 Å².